The van der Waals surface area contributed by atoms with E-state index in [4.69, 9.17) is 11.6 Å². The molecule has 0 saturated heterocycles. The average Bonchev–Trinajstić information content (AvgIpc) is 2.50. The van der Waals surface area contributed by atoms with E-state index in [1.54, 1.807) is 7.05 Å². The monoisotopic (exact) mass is 304 g/mol. The lowest BCUT2D eigenvalue weighted by atomic mass is 10.2. The van der Waals surface area contributed by atoms with Crippen LogP contribution in [0.1, 0.15) is 11.1 Å². The molecule has 2 aromatic rings. The predicted molar refractivity (Wildman–Crippen MR) is 88.4 cm³/mol. The second-order valence-corrected chi connectivity index (χ2v) is 4.93. The number of hydrogen-bond acceptors (Lipinski definition) is 2. The van der Waals surface area contributed by atoms with E-state index in [1.165, 1.54) is 10.5 Å². The van der Waals surface area contributed by atoms with Crippen molar-refractivity contribution < 1.29 is 4.79 Å². The summed E-state index contributed by atoms with van der Waals surface area (Å²) in [4.78, 5) is 12.1. The van der Waals surface area contributed by atoms with Crippen LogP contribution < -0.4 is 5.32 Å². The molecule has 0 saturated carbocycles. The number of amides is 1. The van der Waals surface area contributed by atoms with Gasteiger partial charge < -0.3 is 10.2 Å². The van der Waals surface area contributed by atoms with Gasteiger partial charge in [-0.25, -0.2) is 0 Å². The molecule has 2 aromatic carbocycles. The minimum Gasteiger partial charge on any atom is -0.328 e. The summed E-state index contributed by atoms with van der Waals surface area (Å²) in [6.45, 7) is 1.52. The van der Waals surface area contributed by atoms with Crippen molar-refractivity contribution in [2.24, 2.45) is 0 Å². The van der Waals surface area contributed by atoms with E-state index in [1.807, 2.05) is 55.6 Å². The van der Waals surface area contributed by atoms with Gasteiger partial charge in [-0.15, -0.1) is 0 Å². The van der Waals surface area contributed by atoms with Gasteiger partial charge in [0, 0.05) is 20.1 Å². The zero-order valence-electron chi connectivity index (χ0n) is 12.4. The van der Waals surface area contributed by atoms with Gasteiger partial charge in [0.25, 0.3) is 0 Å². The van der Waals surface area contributed by atoms with Crippen molar-refractivity contribution in [1.29, 1.82) is 0 Å². The summed E-state index contributed by atoms with van der Waals surface area (Å²) in [7, 11) is 3.62. The Bertz CT molecular complexity index is 517. The Kier molecular flexibility index (Phi) is 8.17. The molecule has 0 bridgehead atoms. The first-order valence-electron chi connectivity index (χ1n) is 6.76. The highest BCUT2D eigenvalue weighted by atomic mass is 35.5. The molecule has 0 spiro atoms. The molecule has 0 unspecified atom stereocenters. The van der Waals surface area contributed by atoms with Crippen LogP contribution in [0.4, 0.5) is 4.79 Å². The van der Waals surface area contributed by atoms with Crippen molar-refractivity contribution in [2.45, 2.75) is 13.1 Å². The minimum atomic E-state index is -0.432. The highest BCUT2D eigenvalue weighted by molar-refractivity contribution is 6.62. The third-order valence-corrected chi connectivity index (χ3v) is 3.07. The van der Waals surface area contributed by atoms with E-state index in [0.29, 0.717) is 6.54 Å². The SMILES string of the molecule is CN(Cc1ccccc1)C(=O)Cl.CNCc1ccccc1. The number of hydrogen-bond donors (Lipinski definition) is 1. The molecule has 3 nitrogen and oxygen atoms in total. The van der Waals surface area contributed by atoms with Crippen LogP contribution in [-0.4, -0.2) is 24.4 Å². The van der Waals surface area contributed by atoms with Gasteiger partial charge in [0.1, 0.15) is 0 Å². The van der Waals surface area contributed by atoms with Crippen molar-refractivity contribution in [3.8, 4) is 0 Å². The summed E-state index contributed by atoms with van der Waals surface area (Å²) < 4.78 is 0. The molecule has 112 valence electrons. The average molecular weight is 305 g/mol. The molecule has 2 rings (SSSR count). The second-order valence-electron chi connectivity index (χ2n) is 4.61. The lowest BCUT2D eigenvalue weighted by Crippen LogP contribution is -2.19. The van der Waals surface area contributed by atoms with Crippen LogP contribution >= 0.6 is 11.6 Å². The van der Waals surface area contributed by atoms with E-state index < -0.39 is 5.37 Å². The zero-order chi connectivity index (χ0) is 15.5. The third kappa shape index (κ3) is 7.49. The van der Waals surface area contributed by atoms with Gasteiger partial charge in [-0.05, 0) is 29.8 Å². The molecular formula is C17H21ClN2O. The summed E-state index contributed by atoms with van der Waals surface area (Å²) in [5.74, 6) is 0. The van der Waals surface area contributed by atoms with Crippen LogP contribution in [-0.2, 0) is 13.1 Å². The third-order valence-electron chi connectivity index (χ3n) is 2.79. The number of rotatable bonds is 4. The molecule has 0 aliphatic rings. The van der Waals surface area contributed by atoms with Gasteiger partial charge in [-0.2, -0.15) is 0 Å². The molecule has 0 aromatic heterocycles. The summed E-state index contributed by atoms with van der Waals surface area (Å²) in [6, 6.07) is 20.0. The maximum Gasteiger partial charge on any atom is 0.316 e. The summed E-state index contributed by atoms with van der Waals surface area (Å²) in [6.07, 6.45) is 0. The molecular weight excluding hydrogens is 284 g/mol. The van der Waals surface area contributed by atoms with Gasteiger partial charge in [0.15, 0.2) is 0 Å². The largest absolute Gasteiger partial charge is 0.328 e. The fourth-order valence-corrected chi connectivity index (χ4v) is 1.78. The molecule has 1 N–H and O–H groups in total. The van der Waals surface area contributed by atoms with Crippen LogP contribution in [0.5, 0.6) is 0 Å². The lowest BCUT2D eigenvalue weighted by molar-refractivity contribution is 0.230. The Morgan fingerprint density at radius 1 is 1.00 bits per heavy atom. The molecule has 21 heavy (non-hydrogen) atoms. The quantitative estimate of drug-likeness (QED) is 0.686. The van der Waals surface area contributed by atoms with Crippen LogP contribution in [0.2, 0.25) is 0 Å². The molecule has 0 fully saturated rings. The summed E-state index contributed by atoms with van der Waals surface area (Å²) >= 11 is 5.27. The first-order valence-corrected chi connectivity index (χ1v) is 7.14. The van der Waals surface area contributed by atoms with Gasteiger partial charge in [-0.3, -0.25) is 4.79 Å². The summed E-state index contributed by atoms with van der Waals surface area (Å²) in [5, 5.41) is 2.65. The van der Waals surface area contributed by atoms with E-state index in [9.17, 15) is 4.79 Å². The number of halogens is 1. The Balaban J connectivity index is 0.000000219. The normalized spacial score (nSPS) is 9.48. The Labute approximate surface area is 131 Å². The molecule has 0 atom stereocenters. The topological polar surface area (TPSA) is 32.3 Å². The Hall–Kier alpha value is -1.84. The lowest BCUT2D eigenvalue weighted by Gasteiger charge is -2.12. The molecule has 1 amide bonds. The van der Waals surface area contributed by atoms with Crippen LogP contribution in [0.3, 0.4) is 0 Å². The molecule has 0 radical (unpaired) electrons. The zero-order valence-corrected chi connectivity index (χ0v) is 13.2. The fourth-order valence-electron chi connectivity index (χ4n) is 1.72. The van der Waals surface area contributed by atoms with Crippen LogP contribution in [0.15, 0.2) is 60.7 Å². The number of carbonyl (C=O) groups is 1. The maximum absolute atomic E-state index is 10.6. The van der Waals surface area contributed by atoms with Gasteiger partial charge in [0.05, 0.1) is 0 Å². The smallest absolute Gasteiger partial charge is 0.316 e. The van der Waals surface area contributed by atoms with Gasteiger partial charge in [0.2, 0.25) is 0 Å². The van der Waals surface area contributed by atoms with Crippen molar-refractivity contribution in [3.63, 3.8) is 0 Å². The maximum atomic E-state index is 10.6. The number of nitrogens with zero attached hydrogens (tertiary/aromatic N) is 1. The Morgan fingerprint density at radius 3 is 1.90 bits per heavy atom. The first-order chi connectivity index (χ1) is 10.1. The van der Waals surface area contributed by atoms with Crippen molar-refractivity contribution >= 4 is 17.0 Å². The first kappa shape index (κ1) is 17.2. The van der Waals surface area contributed by atoms with Crippen LogP contribution in [0, 0.1) is 0 Å². The Morgan fingerprint density at radius 2 is 1.48 bits per heavy atom. The second kappa shape index (κ2) is 9.97. The number of benzene rings is 2. The van der Waals surface area contributed by atoms with Gasteiger partial charge in [-0.1, -0.05) is 60.7 Å². The summed E-state index contributed by atoms with van der Waals surface area (Å²) in [5.41, 5.74) is 2.41. The van der Waals surface area contributed by atoms with E-state index in [-0.39, 0.29) is 0 Å². The van der Waals surface area contributed by atoms with E-state index in [0.717, 1.165) is 12.1 Å². The minimum absolute atomic E-state index is 0.432. The van der Waals surface area contributed by atoms with E-state index in [2.05, 4.69) is 17.4 Å². The van der Waals surface area contributed by atoms with Crippen molar-refractivity contribution in [2.75, 3.05) is 14.1 Å². The van der Waals surface area contributed by atoms with Crippen LogP contribution in [0.25, 0.3) is 0 Å². The van der Waals surface area contributed by atoms with Crippen molar-refractivity contribution in [1.82, 2.24) is 10.2 Å². The standard InChI is InChI=1S/C9H10ClNO.C8H11N/c1-11(9(10)12)7-8-5-3-2-4-6-8;1-9-7-8-5-3-2-4-6-8/h2-6H,7H2,1H3;2-6,9H,7H2,1H3. The predicted octanol–water partition coefficient (Wildman–Crippen LogP) is 3.88. The molecule has 0 aliphatic carbocycles. The fraction of sp³-hybridized carbons (Fsp3) is 0.235. The van der Waals surface area contributed by atoms with Gasteiger partial charge >= 0.3 is 5.37 Å². The molecule has 0 heterocycles. The van der Waals surface area contributed by atoms with Crippen molar-refractivity contribution in [3.05, 3.63) is 71.8 Å². The highest BCUT2D eigenvalue weighted by Gasteiger charge is 2.03. The molecule has 4 heteroatoms. The number of carbonyl (C=O) groups excluding carboxylic acids is 1. The van der Waals surface area contributed by atoms with E-state index >= 15 is 0 Å². The number of nitrogens with one attached hydrogen (secondary N) is 1. The highest BCUT2D eigenvalue weighted by Crippen LogP contribution is 2.04. The molecule has 0 aliphatic heterocycles.